The van der Waals surface area contributed by atoms with Gasteiger partial charge >= 0.3 is 0 Å². The van der Waals surface area contributed by atoms with E-state index in [2.05, 4.69) is 10.3 Å². The fourth-order valence-corrected chi connectivity index (χ4v) is 3.61. The summed E-state index contributed by atoms with van der Waals surface area (Å²) in [7, 11) is 0. The van der Waals surface area contributed by atoms with Gasteiger partial charge < -0.3 is 14.5 Å². The van der Waals surface area contributed by atoms with E-state index in [-0.39, 0.29) is 5.91 Å². The summed E-state index contributed by atoms with van der Waals surface area (Å²) < 4.78 is 11.5. The van der Waals surface area contributed by atoms with Crippen LogP contribution in [0.1, 0.15) is 18.4 Å². The molecule has 158 valence electrons. The Morgan fingerprint density at radius 3 is 2.77 bits per heavy atom. The van der Waals surface area contributed by atoms with E-state index in [0.29, 0.717) is 52.4 Å². The SMILES string of the molecule is Cc1ccc2oc(-c3ccccc3NC(=O)CCCOc3ccc(Cl)cc3Cl)nc2c1. The molecule has 0 bridgehead atoms. The topological polar surface area (TPSA) is 64.4 Å². The van der Waals surface area contributed by atoms with E-state index in [1.807, 2.05) is 49.4 Å². The molecule has 0 aliphatic rings. The maximum atomic E-state index is 12.5. The standard InChI is InChI=1S/C24H20Cl2N2O3/c1-15-8-10-22-20(13-15)28-24(31-22)17-5-2-3-6-19(17)27-23(29)7-4-12-30-21-11-9-16(25)14-18(21)26/h2-3,5-6,8-11,13-14H,4,7,12H2,1H3,(H,27,29). The maximum absolute atomic E-state index is 12.5. The molecular weight excluding hydrogens is 435 g/mol. The van der Waals surface area contributed by atoms with Gasteiger partial charge in [-0.3, -0.25) is 4.79 Å². The number of aryl methyl sites for hydroxylation is 1. The molecule has 0 spiro atoms. The Kier molecular flexibility index (Phi) is 6.44. The van der Waals surface area contributed by atoms with Crippen molar-refractivity contribution in [2.24, 2.45) is 0 Å². The van der Waals surface area contributed by atoms with Crippen LogP contribution in [0.4, 0.5) is 5.69 Å². The average molecular weight is 455 g/mol. The third-order valence-electron chi connectivity index (χ3n) is 4.67. The van der Waals surface area contributed by atoms with Gasteiger partial charge in [-0.1, -0.05) is 41.4 Å². The number of para-hydroxylation sites is 1. The van der Waals surface area contributed by atoms with Gasteiger partial charge in [0.15, 0.2) is 5.58 Å². The summed E-state index contributed by atoms with van der Waals surface area (Å²) in [5, 5.41) is 3.93. The number of carbonyl (C=O) groups is 1. The second-order valence-corrected chi connectivity index (χ2v) is 7.95. The number of nitrogens with zero attached hydrogens (tertiary/aromatic N) is 1. The normalized spacial score (nSPS) is 10.9. The Bertz CT molecular complexity index is 1240. The van der Waals surface area contributed by atoms with Gasteiger partial charge in [-0.15, -0.1) is 0 Å². The smallest absolute Gasteiger partial charge is 0.229 e. The van der Waals surface area contributed by atoms with Crippen LogP contribution in [0.3, 0.4) is 0 Å². The largest absolute Gasteiger partial charge is 0.492 e. The van der Waals surface area contributed by atoms with Crippen molar-refractivity contribution in [1.29, 1.82) is 0 Å². The number of aromatic nitrogens is 1. The Labute approximate surface area is 189 Å². The van der Waals surface area contributed by atoms with Crippen molar-refractivity contribution in [1.82, 2.24) is 4.98 Å². The molecule has 4 aromatic rings. The van der Waals surface area contributed by atoms with Gasteiger partial charge in [0.2, 0.25) is 11.8 Å². The number of carbonyl (C=O) groups excluding carboxylic acids is 1. The highest BCUT2D eigenvalue weighted by Gasteiger charge is 2.14. The van der Waals surface area contributed by atoms with Crippen LogP contribution >= 0.6 is 23.2 Å². The first-order valence-electron chi connectivity index (χ1n) is 9.84. The second kappa shape index (κ2) is 9.41. The lowest BCUT2D eigenvalue weighted by Gasteiger charge is -2.10. The number of benzene rings is 3. The molecule has 3 aromatic carbocycles. The molecule has 0 atom stereocenters. The molecular formula is C24H20Cl2N2O3. The first-order valence-corrected chi connectivity index (χ1v) is 10.6. The predicted octanol–water partition coefficient (Wildman–Crippen LogP) is 6.91. The van der Waals surface area contributed by atoms with Crippen molar-refractivity contribution in [3.63, 3.8) is 0 Å². The van der Waals surface area contributed by atoms with E-state index in [0.717, 1.165) is 16.6 Å². The predicted molar refractivity (Wildman–Crippen MR) is 124 cm³/mol. The van der Waals surface area contributed by atoms with Crippen LogP contribution in [-0.4, -0.2) is 17.5 Å². The molecule has 0 unspecified atom stereocenters. The molecule has 1 aromatic heterocycles. The first-order chi connectivity index (χ1) is 15.0. The van der Waals surface area contributed by atoms with Crippen molar-refractivity contribution in [3.8, 4) is 17.2 Å². The first kappa shape index (κ1) is 21.2. The fourth-order valence-electron chi connectivity index (χ4n) is 3.15. The lowest BCUT2D eigenvalue weighted by Crippen LogP contribution is -2.13. The highest BCUT2D eigenvalue weighted by atomic mass is 35.5. The minimum Gasteiger partial charge on any atom is -0.492 e. The van der Waals surface area contributed by atoms with Crippen LogP contribution in [0, 0.1) is 6.92 Å². The molecule has 0 aliphatic carbocycles. The average Bonchev–Trinajstić information content (AvgIpc) is 3.16. The van der Waals surface area contributed by atoms with E-state index in [1.165, 1.54) is 0 Å². The zero-order chi connectivity index (χ0) is 21.8. The van der Waals surface area contributed by atoms with Gasteiger partial charge in [-0.2, -0.15) is 0 Å². The molecule has 1 amide bonds. The van der Waals surface area contributed by atoms with Gasteiger partial charge in [-0.05, 0) is 61.4 Å². The van der Waals surface area contributed by atoms with Crippen molar-refractivity contribution in [2.45, 2.75) is 19.8 Å². The Hall–Kier alpha value is -3.02. The Morgan fingerprint density at radius 1 is 1.10 bits per heavy atom. The van der Waals surface area contributed by atoms with E-state index < -0.39 is 0 Å². The number of halogens is 2. The van der Waals surface area contributed by atoms with E-state index >= 15 is 0 Å². The van der Waals surface area contributed by atoms with Crippen LogP contribution in [-0.2, 0) is 4.79 Å². The number of rotatable bonds is 7. The summed E-state index contributed by atoms with van der Waals surface area (Å²) in [6.07, 6.45) is 0.835. The van der Waals surface area contributed by atoms with Gasteiger partial charge in [0.05, 0.1) is 22.9 Å². The van der Waals surface area contributed by atoms with E-state index in [9.17, 15) is 4.79 Å². The van der Waals surface area contributed by atoms with Crippen molar-refractivity contribution in [2.75, 3.05) is 11.9 Å². The zero-order valence-corrected chi connectivity index (χ0v) is 18.3. The number of oxazole rings is 1. The molecule has 1 heterocycles. The van der Waals surface area contributed by atoms with Crippen LogP contribution in [0.15, 0.2) is 65.1 Å². The summed E-state index contributed by atoms with van der Waals surface area (Å²) in [5.74, 6) is 0.894. The van der Waals surface area contributed by atoms with Crippen molar-refractivity contribution < 1.29 is 13.9 Å². The summed E-state index contributed by atoms with van der Waals surface area (Å²) >= 11 is 12.0. The molecule has 1 N–H and O–H groups in total. The molecule has 0 radical (unpaired) electrons. The molecule has 0 saturated carbocycles. The number of amides is 1. The highest BCUT2D eigenvalue weighted by Crippen LogP contribution is 2.31. The summed E-state index contributed by atoms with van der Waals surface area (Å²) in [6, 6.07) is 18.3. The lowest BCUT2D eigenvalue weighted by molar-refractivity contribution is -0.116. The number of hydrogen-bond acceptors (Lipinski definition) is 4. The highest BCUT2D eigenvalue weighted by molar-refractivity contribution is 6.35. The molecule has 4 rings (SSSR count). The monoisotopic (exact) mass is 454 g/mol. The van der Waals surface area contributed by atoms with Gasteiger partial charge in [0, 0.05) is 11.4 Å². The van der Waals surface area contributed by atoms with Crippen LogP contribution < -0.4 is 10.1 Å². The van der Waals surface area contributed by atoms with Crippen molar-refractivity contribution >= 4 is 45.9 Å². The minimum absolute atomic E-state index is 0.120. The maximum Gasteiger partial charge on any atom is 0.229 e. The summed E-state index contributed by atoms with van der Waals surface area (Å²) in [4.78, 5) is 17.0. The molecule has 0 saturated heterocycles. The van der Waals surface area contributed by atoms with Crippen molar-refractivity contribution in [3.05, 3.63) is 76.3 Å². The third-order valence-corrected chi connectivity index (χ3v) is 5.20. The number of anilines is 1. The van der Waals surface area contributed by atoms with Crippen LogP contribution in [0.2, 0.25) is 10.0 Å². The molecule has 0 fully saturated rings. The Balaban J connectivity index is 1.38. The summed E-state index contributed by atoms with van der Waals surface area (Å²) in [6.45, 7) is 2.37. The minimum atomic E-state index is -0.120. The lowest BCUT2D eigenvalue weighted by atomic mass is 10.1. The number of nitrogens with one attached hydrogen (secondary N) is 1. The summed E-state index contributed by atoms with van der Waals surface area (Å²) in [5.41, 5.74) is 3.98. The number of ether oxygens (including phenoxy) is 1. The third kappa shape index (κ3) is 5.19. The molecule has 7 heteroatoms. The molecule has 5 nitrogen and oxygen atoms in total. The van der Waals surface area contributed by atoms with Gasteiger partial charge in [0.1, 0.15) is 11.3 Å². The number of fused-ring (bicyclic) bond motifs is 1. The molecule has 31 heavy (non-hydrogen) atoms. The fraction of sp³-hybridized carbons (Fsp3) is 0.167. The molecule has 0 aliphatic heterocycles. The van der Waals surface area contributed by atoms with Gasteiger partial charge in [-0.25, -0.2) is 4.98 Å². The van der Waals surface area contributed by atoms with E-state index in [1.54, 1.807) is 18.2 Å². The van der Waals surface area contributed by atoms with Crippen LogP contribution in [0.5, 0.6) is 5.75 Å². The van der Waals surface area contributed by atoms with Crippen LogP contribution in [0.25, 0.3) is 22.6 Å². The second-order valence-electron chi connectivity index (χ2n) is 7.11. The van der Waals surface area contributed by atoms with E-state index in [4.69, 9.17) is 32.4 Å². The number of hydrogen-bond donors (Lipinski definition) is 1. The Morgan fingerprint density at radius 2 is 1.94 bits per heavy atom. The zero-order valence-electron chi connectivity index (χ0n) is 16.8. The quantitative estimate of drug-likeness (QED) is 0.308. The van der Waals surface area contributed by atoms with Gasteiger partial charge in [0.25, 0.3) is 0 Å².